The Morgan fingerprint density at radius 1 is 0.500 bits per heavy atom. The SMILES string of the molecule is C=C/C=C\C(=C/C=C)N(/C(C=C)=C/C=C\C)/C(C=C)=C/C=C(C=C)/C(C=C)=C/C=C(\C=C)N(C(/C=C\C=C)=C/C)c1ccccc1. The fraction of sp³-hybridized carbons (Fsp3) is 0.0455. The second-order valence-electron chi connectivity index (χ2n) is 9.30. The molecule has 0 unspecified atom stereocenters. The van der Waals surface area contributed by atoms with Gasteiger partial charge in [0.05, 0.1) is 0 Å². The van der Waals surface area contributed by atoms with E-state index in [4.69, 9.17) is 0 Å². The van der Waals surface area contributed by atoms with Gasteiger partial charge < -0.3 is 9.80 Å². The highest BCUT2D eigenvalue weighted by Crippen LogP contribution is 2.27. The van der Waals surface area contributed by atoms with E-state index in [0.29, 0.717) is 0 Å². The maximum Gasteiger partial charge on any atom is 0.0461 e. The summed E-state index contributed by atoms with van der Waals surface area (Å²) in [5.74, 6) is 0. The van der Waals surface area contributed by atoms with Crippen LogP contribution in [0.3, 0.4) is 0 Å². The lowest BCUT2D eigenvalue weighted by Gasteiger charge is -2.28. The van der Waals surface area contributed by atoms with Gasteiger partial charge in [0, 0.05) is 34.2 Å². The van der Waals surface area contributed by atoms with Crippen molar-refractivity contribution in [2.75, 3.05) is 4.90 Å². The zero-order valence-corrected chi connectivity index (χ0v) is 27.6. The van der Waals surface area contributed by atoms with Crippen LogP contribution in [0.25, 0.3) is 0 Å². The molecule has 2 heteroatoms. The van der Waals surface area contributed by atoms with Crippen LogP contribution in [0.1, 0.15) is 13.8 Å². The van der Waals surface area contributed by atoms with Crippen molar-refractivity contribution in [2.24, 2.45) is 0 Å². The Kier molecular flexibility index (Phi) is 18.8. The number of rotatable bonds is 20. The predicted octanol–water partition coefficient (Wildman–Crippen LogP) is 12.3. The van der Waals surface area contributed by atoms with E-state index in [9.17, 15) is 0 Å². The predicted molar refractivity (Wildman–Crippen MR) is 208 cm³/mol. The maximum atomic E-state index is 4.12. The van der Waals surface area contributed by atoms with Crippen molar-refractivity contribution in [3.63, 3.8) is 0 Å². The van der Waals surface area contributed by atoms with E-state index >= 15 is 0 Å². The highest BCUT2D eigenvalue weighted by Gasteiger charge is 2.14. The Labute approximate surface area is 278 Å². The van der Waals surface area contributed by atoms with Gasteiger partial charge in [0.15, 0.2) is 0 Å². The summed E-state index contributed by atoms with van der Waals surface area (Å²) in [6.07, 6.45) is 39.9. The molecule has 0 aliphatic carbocycles. The minimum Gasteiger partial charge on any atom is -0.311 e. The second-order valence-corrected chi connectivity index (χ2v) is 9.30. The number of nitrogens with zero attached hydrogens (tertiary/aromatic N) is 2. The minimum absolute atomic E-state index is 0.810. The third-order valence-electron chi connectivity index (χ3n) is 6.42. The van der Waals surface area contributed by atoms with Gasteiger partial charge in [-0.05, 0) is 91.8 Å². The smallest absolute Gasteiger partial charge is 0.0461 e. The van der Waals surface area contributed by atoms with E-state index in [1.54, 1.807) is 36.5 Å². The van der Waals surface area contributed by atoms with Gasteiger partial charge in [-0.1, -0.05) is 144 Å². The van der Waals surface area contributed by atoms with Crippen LogP contribution in [-0.4, -0.2) is 4.90 Å². The molecule has 1 aromatic rings. The lowest BCUT2D eigenvalue weighted by atomic mass is 10.0. The average Bonchev–Trinajstić information content (AvgIpc) is 3.09. The van der Waals surface area contributed by atoms with Gasteiger partial charge in [-0.15, -0.1) is 0 Å². The van der Waals surface area contributed by atoms with Crippen LogP contribution >= 0.6 is 0 Å². The Hall–Kier alpha value is -5.86. The summed E-state index contributed by atoms with van der Waals surface area (Å²) in [6.45, 7) is 36.0. The highest BCUT2D eigenvalue weighted by molar-refractivity contribution is 5.63. The summed E-state index contributed by atoms with van der Waals surface area (Å²) in [6, 6.07) is 10.1. The highest BCUT2D eigenvalue weighted by atomic mass is 15.2. The van der Waals surface area contributed by atoms with Crippen LogP contribution in [-0.2, 0) is 0 Å². The molecule has 0 aromatic heterocycles. The molecule has 0 fully saturated rings. The molecule has 46 heavy (non-hydrogen) atoms. The van der Waals surface area contributed by atoms with E-state index < -0.39 is 0 Å². The van der Waals surface area contributed by atoms with E-state index in [0.717, 1.165) is 45.3 Å². The Morgan fingerprint density at radius 2 is 1.02 bits per heavy atom. The first-order valence-electron chi connectivity index (χ1n) is 15.0. The van der Waals surface area contributed by atoms with E-state index in [-0.39, 0.29) is 0 Å². The monoisotopic (exact) mass is 604 g/mol. The van der Waals surface area contributed by atoms with Crippen molar-refractivity contribution in [3.05, 3.63) is 250 Å². The molecule has 0 N–H and O–H groups in total. The average molecular weight is 605 g/mol. The first kappa shape index (κ1) is 38.2. The topological polar surface area (TPSA) is 6.48 Å². The molecule has 0 saturated carbocycles. The molecule has 0 atom stereocenters. The van der Waals surface area contributed by atoms with Crippen molar-refractivity contribution in [2.45, 2.75) is 13.8 Å². The fourth-order valence-electron chi connectivity index (χ4n) is 4.24. The molecule has 1 rings (SSSR count). The zero-order valence-electron chi connectivity index (χ0n) is 27.6. The van der Waals surface area contributed by atoms with Crippen molar-refractivity contribution >= 4 is 5.69 Å². The number of para-hydroxylation sites is 1. The van der Waals surface area contributed by atoms with E-state index in [1.165, 1.54) is 0 Å². The van der Waals surface area contributed by atoms with E-state index in [1.807, 2.05) is 128 Å². The van der Waals surface area contributed by atoms with Crippen LogP contribution in [0.5, 0.6) is 0 Å². The van der Waals surface area contributed by atoms with Crippen LogP contribution in [0.4, 0.5) is 5.69 Å². The van der Waals surface area contributed by atoms with Crippen molar-refractivity contribution in [1.82, 2.24) is 4.90 Å². The van der Waals surface area contributed by atoms with Crippen LogP contribution in [0.2, 0.25) is 0 Å². The number of allylic oxidation sites excluding steroid dienone is 23. The van der Waals surface area contributed by atoms with Gasteiger partial charge in [0.2, 0.25) is 0 Å². The Morgan fingerprint density at radius 3 is 1.48 bits per heavy atom. The summed E-state index contributed by atoms with van der Waals surface area (Å²) >= 11 is 0. The normalized spacial score (nSPS) is 13.9. The largest absolute Gasteiger partial charge is 0.311 e. The minimum atomic E-state index is 0.810. The molecule has 0 radical (unpaired) electrons. The molecule has 0 bridgehead atoms. The summed E-state index contributed by atoms with van der Waals surface area (Å²) in [5.41, 5.74) is 7.11. The van der Waals surface area contributed by atoms with Gasteiger partial charge in [-0.3, -0.25) is 0 Å². The third-order valence-corrected chi connectivity index (χ3v) is 6.42. The van der Waals surface area contributed by atoms with Gasteiger partial charge in [0.25, 0.3) is 0 Å². The van der Waals surface area contributed by atoms with Crippen LogP contribution in [0, 0.1) is 0 Å². The molecule has 1 aromatic carbocycles. The molecule has 0 heterocycles. The summed E-state index contributed by atoms with van der Waals surface area (Å²) < 4.78 is 0. The maximum absolute atomic E-state index is 4.12. The Balaban J connectivity index is 3.91. The van der Waals surface area contributed by atoms with Crippen LogP contribution in [0.15, 0.2) is 250 Å². The molecule has 0 amide bonds. The molecule has 0 spiro atoms. The van der Waals surface area contributed by atoms with Gasteiger partial charge in [0.1, 0.15) is 0 Å². The first-order valence-corrected chi connectivity index (χ1v) is 15.0. The number of anilines is 1. The molecule has 2 nitrogen and oxygen atoms in total. The lowest BCUT2D eigenvalue weighted by molar-refractivity contribution is 0.579. The quantitative estimate of drug-likeness (QED) is 0.137. The third kappa shape index (κ3) is 11.7. The molecular formula is C44H48N2. The zero-order chi connectivity index (χ0) is 34.2. The number of benzene rings is 1. The van der Waals surface area contributed by atoms with Gasteiger partial charge in [-0.25, -0.2) is 0 Å². The van der Waals surface area contributed by atoms with Gasteiger partial charge in [-0.2, -0.15) is 0 Å². The number of hydrogen-bond donors (Lipinski definition) is 0. The van der Waals surface area contributed by atoms with E-state index in [2.05, 4.69) is 69.7 Å². The molecular weight excluding hydrogens is 556 g/mol. The summed E-state index contributed by atoms with van der Waals surface area (Å²) in [5, 5.41) is 0. The molecule has 0 aliphatic rings. The fourth-order valence-corrected chi connectivity index (χ4v) is 4.24. The first-order chi connectivity index (χ1) is 22.4. The van der Waals surface area contributed by atoms with Gasteiger partial charge >= 0.3 is 0 Å². The van der Waals surface area contributed by atoms with Crippen molar-refractivity contribution in [3.8, 4) is 0 Å². The Bertz CT molecular complexity index is 1570. The summed E-state index contributed by atoms with van der Waals surface area (Å²) in [7, 11) is 0. The lowest BCUT2D eigenvalue weighted by Crippen LogP contribution is -2.19. The molecule has 234 valence electrons. The van der Waals surface area contributed by atoms with Crippen molar-refractivity contribution in [1.29, 1.82) is 0 Å². The summed E-state index contributed by atoms with van der Waals surface area (Å²) in [4.78, 5) is 4.17. The number of hydrogen-bond acceptors (Lipinski definition) is 2. The van der Waals surface area contributed by atoms with Crippen LogP contribution < -0.4 is 4.90 Å². The second kappa shape index (κ2) is 22.6. The van der Waals surface area contributed by atoms with Crippen molar-refractivity contribution < 1.29 is 0 Å². The molecule has 0 aliphatic heterocycles. The standard InChI is InChI=1S/C44H48N2/c1-11-21-28-39(17-7)45(43(27-14-4)30-23-13-3)41(19-9)35-33-37(15-5)38(16-6)34-36-42(20-10)46(40(18-8)29-22-12-2)44-31-25-24-26-32-44/h11-36H,2-7,9-10H2,1,8H3/b21-11-,29-22-,30-23-,37-33+,38-34+,39-28+,40-18+,41-35+,42-36+,43-27+. The molecule has 0 saturated heterocycles.